The summed E-state index contributed by atoms with van der Waals surface area (Å²) in [6.45, 7) is 5.66. The molecular weight excluding hydrogens is 282 g/mol. The smallest absolute Gasteiger partial charge is 0.410 e. The minimum absolute atomic E-state index is 0.202. The van der Waals surface area contributed by atoms with Crippen LogP contribution in [0.4, 0.5) is 4.79 Å². The standard InChI is InChI=1S/C14H20ClNO2S/c1-14(2,3)18-13(17)16(4)10-5-6-11-9(7-10)8-12(15)19-11/h8,10H,5-7H2,1-4H3. The van der Waals surface area contributed by atoms with E-state index in [1.165, 1.54) is 10.4 Å². The number of rotatable bonds is 1. The van der Waals surface area contributed by atoms with Gasteiger partial charge in [-0.15, -0.1) is 11.3 Å². The first-order chi connectivity index (χ1) is 8.76. The fourth-order valence-corrected chi connectivity index (χ4v) is 3.62. The van der Waals surface area contributed by atoms with E-state index in [-0.39, 0.29) is 12.1 Å². The lowest BCUT2D eigenvalue weighted by Crippen LogP contribution is -2.43. The number of ether oxygens (including phenoxy) is 1. The number of likely N-dealkylation sites (N-methyl/N-ethyl adjacent to an activating group) is 1. The number of aryl methyl sites for hydroxylation is 1. The molecule has 0 saturated carbocycles. The van der Waals surface area contributed by atoms with Crippen LogP contribution in [0.25, 0.3) is 0 Å². The molecule has 19 heavy (non-hydrogen) atoms. The maximum atomic E-state index is 12.1. The van der Waals surface area contributed by atoms with Crippen LogP contribution in [0, 0.1) is 0 Å². The molecule has 0 aliphatic heterocycles. The summed E-state index contributed by atoms with van der Waals surface area (Å²) in [5, 5.41) is 0. The van der Waals surface area contributed by atoms with Gasteiger partial charge < -0.3 is 9.64 Å². The van der Waals surface area contributed by atoms with Gasteiger partial charge in [-0.2, -0.15) is 0 Å². The van der Waals surface area contributed by atoms with Crippen LogP contribution in [0.3, 0.4) is 0 Å². The van der Waals surface area contributed by atoms with Crippen LogP contribution >= 0.6 is 22.9 Å². The van der Waals surface area contributed by atoms with Crippen LogP contribution < -0.4 is 0 Å². The van der Waals surface area contributed by atoms with Crippen molar-refractivity contribution in [3.8, 4) is 0 Å². The van der Waals surface area contributed by atoms with Crippen molar-refractivity contribution >= 4 is 29.0 Å². The summed E-state index contributed by atoms with van der Waals surface area (Å²) in [5.74, 6) is 0. The maximum absolute atomic E-state index is 12.1. The van der Waals surface area contributed by atoms with Crippen molar-refractivity contribution in [1.29, 1.82) is 0 Å². The molecule has 1 heterocycles. The molecule has 0 fully saturated rings. The van der Waals surface area contributed by atoms with Crippen molar-refractivity contribution in [2.75, 3.05) is 7.05 Å². The van der Waals surface area contributed by atoms with E-state index in [1.54, 1.807) is 16.2 Å². The molecule has 1 atom stereocenters. The van der Waals surface area contributed by atoms with E-state index in [0.29, 0.717) is 0 Å². The van der Waals surface area contributed by atoms with Gasteiger partial charge in [0.15, 0.2) is 0 Å². The number of carbonyl (C=O) groups excluding carboxylic acids is 1. The fraction of sp³-hybridized carbons (Fsp3) is 0.643. The molecule has 0 aromatic carbocycles. The largest absolute Gasteiger partial charge is 0.444 e. The monoisotopic (exact) mass is 301 g/mol. The second-order valence-corrected chi connectivity index (χ2v) is 7.75. The normalized spacial score (nSPS) is 18.9. The van der Waals surface area contributed by atoms with Gasteiger partial charge >= 0.3 is 6.09 Å². The van der Waals surface area contributed by atoms with Crippen LogP contribution in [0.5, 0.6) is 0 Å². The van der Waals surface area contributed by atoms with E-state index in [0.717, 1.165) is 23.6 Å². The lowest BCUT2D eigenvalue weighted by Gasteiger charge is -2.32. The first-order valence-corrected chi connectivity index (χ1v) is 7.68. The number of fused-ring (bicyclic) bond motifs is 1. The zero-order valence-electron chi connectivity index (χ0n) is 11.8. The van der Waals surface area contributed by atoms with Crippen LogP contribution in [-0.4, -0.2) is 29.7 Å². The summed E-state index contributed by atoms with van der Waals surface area (Å²) in [4.78, 5) is 15.1. The molecule has 1 aliphatic carbocycles. The zero-order valence-corrected chi connectivity index (χ0v) is 13.4. The molecule has 106 valence electrons. The van der Waals surface area contributed by atoms with E-state index < -0.39 is 5.60 Å². The minimum atomic E-state index is -0.448. The van der Waals surface area contributed by atoms with E-state index >= 15 is 0 Å². The minimum Gasteiger partial charge on any atom is -0.444 e. The Balaban J connectivity index is 2.02. The molecule has 0 bridgehead atoms. The van der Waals surface area contributed by atoms with Crippen LogP contribution in [-0.2, 0) is 17.6 Å². The Kier molecular flexibility index (Phi) is 4.11. The highest BCUT2D eigenvalue weighted by atomic mass is 35.5. The number of amides is 1. The molecule has 2 rings (SSSR count). The molecule has 1 aliphatic rings. The van der Waals surface area contributed by atoms with Crippen molar-refractivity contribution in [2.45, 2.75) is 51.7 Å². The van der Waals surface area contributed by atoms with Gasteiger partial charge in [0.2, 0.25) is 0 Å². The van der Waals surface area contributed by atoms with Crippen molar-refractivity contribution in [3.63, 3.8) is 0 Å². The van der Waals surface area contributed by atoms with Crippen LogP contribution in [0.2, 0.25) is 4.34 Å². The molecule has 0 saturated heterocycles. The van der Waals surface area contributed by atoms with Gasteiger partial charge in [-0.3, -0.25) is 0 Å². The Morgan fingerprint density at radius 2 is 2.21 bits per heavy atom. The van der Waals surface area contributed by atoms with Gasteiger partial charge in [-0.1, -0.05) is 11.6 Å². The van der Waals surface area contributed by atoms with Gasteiger partial charge in [-0.25, -0.2) is 4.79 Å². The van der Waals surface area contributed by atoms with Crippen LogP contribution in [0.1, 0.15) is 37.6 Å². The maximum Gasteiger partial charge on any atom is 0.410 e. The second-order valence-electron chi connectivity index (χ2n) is 5.99. The van der Waals surface area contributed by atoms with Gasteiger partial charge in [0.25, 0.3) is 0 Å². The highest BCUT2D eigenvalue weighted by Crippen LogP contribution is 2.34. The summed E-state index contributed by atoms with van der Waals surface area (Å²) >= 11 is 7.69. The molecule has 1 unspecified atom stereocenters. The molecule has 0 N–H and O–H groups in total. The summed E-state index contributed by atoms with van der Waals surface area (Å²) < 4.78 is 6.25. The molecule has 3 nitrogen and oxygen atoms in total. The van der Waals surface area contributed by atoms with E-state index in [9.17, 15) is 4.79 Å². The lowest BCUT2D eigenvalue weighted by molar-refractivity contribution is 0.0210. The Labute approximate surface area is 123 Å². The molecular formula is C14H20ClNO2S. The molecule has 0 radical (unpaired) electrons. The Morgan fingerprint density at radius 1 is 1.53 bits per heavy atom. The average molecular weight is 302 g/mol. The first kappa shape index (κ1) is 14.7. The average Bonchev–Trinajstić information content (AvgIpc) is 2.64. The summed E-state index contributed by atoms with van der Waals surface area (Å²) in [6, 6.07) is 2.23. The zero-order chi connectivity index (χ0) is 14.2. The van der Waals surface area contributed by atoms with E-state index in [1.807, 2.05) is 33.9 Å². The SMILES string of the molecule is CN(C(=O)OC(C)(C)C)C1CCc2sc(Cl)cc2C1. The third-order valence-electron chi connectivity index (χ3n) is 3.26. The Hall–Kier alpha value is -0.740. The molecule has 1 aromatic rings. The quantitative estimate of drug-likeness (QED) is 0.780. The van der Waals surface area contributed by atoms with Gasteiger partial charge in [0.05, 0.1) is 4.34 Å². The molecule has 5 heteroatoms. The third kappa shape index (κ3) is 3.63. The number of thiophene rings is 1. The Bertz CT molecular complexity index is 478. The predicted molar refractivity (Wildman–Crippen MR) is 79.1 cm³/mol. The molecule has 1 amide bonds. The third-order valence-corrected chi connectivity index (χ3v) is 4.62. The van der Waals surface area contributed by atoms with E-state index in [2.05, 4.69) is 0 Å². The Morgan fingerprint density at radius 3 is 2.84 bits per heavy atom. The first-order valence-electron chi connectivity index (χ1n) is 6.49. The van der Waals surface area contributed by atoms with Gasteiger partial charge in [0, 0.05) is 18.0 Å². The van der Waals surface area contributed by atoms with E-state index in [4.69, 9.17) is 16.3 Å². The van der Waals surface area contributed by atoms with Crippen LogP contribution in [0.15, 0.2) is 6.07 Å². The number of carbonyl (C=O) groups is 1. The highest BCUT2D eigenvalue weighted by Gasteiger charge is 2.29. The lowest BCUT2D eigenvalue weighted by atomic mass is 9.94. The van der Waals surface area contributed by atoms with Crippen molar-refractivity contribution in [3.05, 3.63) is 20.8 Å². The molecule has 1 aromatic heterocycles. The fourth-order valence-electron chi connectivity index (χ4n) is 2.28. The van der Waals surface area contributed by atoms with Crippen molar-refractivity contribution in [2.24, 2.45) is 0 Å². The second kappa shape index (κ2) is 5.33. The summed E-state index contributed by atoms with van der Waals surface area (Å²) in [5.41, 5.74) is 0.832. The molecule has 0 spiro atoms. The predicted octanol–water partition coefficient (Wildman–Crippen LogP) is 4.13. The number of halogens is 1. The van der Waals surface area contributed by atoms with Gasteiger partial charge in [0.1, 0.15) is 5.60 Å². The topological polar surface area (TPSA) is 29.5 Å². The van der Waals surface area contributed by atoms with Crippen molar-refractivity contribution in [1.82, 2.24) is 4.90 Å². The summed E-state index contributed by atoms with van der Waals surface area (Å²) in [7, 11) is 1.82. The number of hydrogen-bond acceptors (Lipinski definition) is 3. The number of nitrogens with zero attached hydrogens (tertiary/aromatic N) is 1. The van der Waals surface area contributed by atoms with Gasteiger partial charge in [-0.05, 0) is 51.7 Å². The van der Waals surface area contributed by atoms with Crippen molar-refractivity contribution < 1.29 is 9.53 Å². The number of hydrogen-bond donors (Lipinski definition) is 0. The highest BCUT2D eigenvalue weighted by molar-refractivity contribution is 7.16. The summed E-state index contributed by atoms with van der Waals surface area (Å²) in [6.07, 6.45) is 2.58.